The lowest BCUT2D eigenvalue weighted by atomic mass is 9.74. The predicted molar refractivity (Wildman–Crippen MR) is 268 cm³/mol. The van der Waals surface area contributed by atoms with Gasteiger partial charge in [0.05, 0.1) is 62.1 Å². The summed E-state index contributed by atoms with van der Waals surface area (Å²) in [5.74, 6) is -4.76. The number of piperazine rings is 1. The van der Waals surface area contributed by atoms with Crippen LogP contribution in [-0.2, 0) is 49.7 Å². The highest BCUT2D eigenvalue weighted by Gasteiger charge is 2.59. The van der Waals surface area contributed by atoms with E-state index in [1.807, 2.05) is 15.5 Å². The average molecular weight is 1150 g/mol. The van der Waals surface area contributed by atoms with E-state index in [2.05, 4.69) is 30.1 Å². The molecule has 0 saturated carbocycles. The number of alkyl halides is 8. The van der Waals surface area contributed by atoms with Crippen molar-refractivity contribution in [1.82, 2.24) is 40.9 Å². The third kappa shape index (κ3) is 13.5. The number of nitrogens with two attached hydrogens (primary N) is 1. The van der Waals surface area contributed by atoms with Crippen molar-refractivity contribution in [2.24, 2.45) is 16.6 Å². The number of hydrogen-bond donors (Lipinski definition) is 6. The molecule has 3 aliphatic heterocycles. The Morgan fingerprint density at radius 1 is 0.825 bits per heavy atom. The standard InChI is InChI=1S/C52H62F10N10O8/c1-49(2,51(57,58)59)44(68-48(77)79-5)46(75)66-39(40(73)21-64-19-35-36(53)15-29(16-37(35)54)38-12-13-71(69-38)24-41(55)56)14-27-6-8-28(9-7-27)34-20-65-42(70-22-31-10-11-32(23-70)72(31)33-25-80-26-33)17-30(34)18-50(3,52(60,61)62)43(45(63)74)67-47(76)78-4/h6-9,12-13,15-17,20,31-33,39-41,43-44,64,73H,10-11,14,18-19,21-26H2,1-5H3,(H2,63,74)(H,66,75)(H,67,76)(H,68,77)/t31?,32?,39-,40-,43+,44+,50?/m0/s1. The Morgan fingerprint density at radius 3 is 1.95 bits per heavy atom. The van der Waals surface area contributed by atoms with Crippen molar-refractivity contribution in [3.63, 3.8) is 0 Å². The maximum Gasteiger partial charge on any atom is 0.407 e. The lowest BCUT2D eigenvalue weighted by molar-refractivity contribution is -0.226. The van der Waals surface area contributed by atoms with Crippen LogP contribution in [0.4, 0.5) is 59.3 Å². The number of carbonyl (C=O) groups excluding carboxylic acids is 4. The summed E-state index contributed by atoms with van der Waals surface area (Å²) in [6.45, 7) is 2.32. The first kappa shape index (κ1) is 60.9. The highest BCUT2D eigenvalue weighted by molar-refractivity contribution is 5.87. The number of primary amides is 1. The summed E-state index contributed by atoms with van der Waals surface area (Å²) in [4.78, 5) is 60.6. The van der Waals surface area contributed by atoms with Crippen molar-refractivity contribution in [3.8, 4) is 22.4 Å². The average Bonchev–Trinajstić information content (AvgIpc) is 3.95. The number of nitrogens with zero attached hydrogens (tertiary/aromatic N) is 5. The summed E-state index contributed by atoms with van der Waals surface area (Å²) in [6, 6.07) is 4.71. The van der Waals surface area contributed by atoms with Gasteiger partial charge in [-0.2, -0.15) is 31.4 Å². The van der Waals surface area contributed by atoms with Crippen molar-refractivity contribution in [1.29, 1.82) is 0 Å². The molecule has 7 N–H and O–H groups in total. The number of anilines is 1. The van der Waals surface area contributed by atoms with E-state index in [1.54, 1.807) is 0 Å². The number of hydrogen-bond acceptors (Lipinski definition) is 13. The zero-order valence-electron chi connectivity index (χ0n) is 44.1. The minimum Gasteiger partial charge on any atom is -0.453 e. The zero-order chi connectivity index (χ0) is 58.6. The fourth-order valence-electron chi connectivity index (χ4n) is 10.4. The number of methoxy groups -OCH3 is 2. The van der Waals surface area contributed by atoms with Gasteiger partial charge in [-0.25, -0.2) is 32.1 Å². The molecular weight excluding hydrogens is 1080 g/mol. The Morgan fingerprint density at radius 2 is 1.43 bits per heavy atom. The normalized spacial score (nSPS) is 19.3. The van der Waals surface area contributed by atoms with Gasteiger partial charge in [0.25, 0.3) is 6.43 Å². The minimum atomic E-state index is -5.18. The summed E-state index contributed by atoms with van der Waals surface area (Å²) in [5, 5.41) is 24.4. The molecule has 3 fully saturated rings. The third-order valence-corrected chi connectivity index (χ3v) is 15.2. The van der Waals surface area contributed by atoms with Crippen molar-refractivity contribution >= 4 is 29.8 Å². The molecule has 0 radical (unpaired) electrons. The number of nitrogens with one attached hydrogen (secondary N) is 4. The van der Waals surface area contributed by atoms with Gasteiger partial charge in [0.2, 0.25) is 11.8 Å². The molecule has 28 heteroatoms. The molecule has 7 atom stereocenters. The van der Waals surface area contributed by atoms with Gasteiger partial charge in [-0.15, -0.1) is 0 Å². The van der Waals surface area contributed by atoms with Crippen LogP contribution in [-0.4, -0.2) is 157 Å². The van der Waals surface area contributed by atoms with Gasteiger partial charge in [-0.05, 0) is 87.4 Å². The first-order valence-corrected chi connectivity index (χ1v) is 25.3. The van der Waals surface area contributed by atoms with E-state index in [-0.39, 0.29) is 58.1 Å². The fraction of sp³-hybridized carbons (Fsp3) is 0.538. The largest absolute Gasteiger partial charge is 0.453 e. The quantitative estimate of drug-likeness (QED) is 0.0496. The molecule has 18 nitrogen and oxygen atoms in total. The number of carbonyl (C=O) groups is 4. The molecule has 7 rings (SSSR count). The first-order chi connectivity index (χ1) is 37.5. The number of amides is 4. The second kappa shape index (κ2) is 24.5. The number of ether oxygens (including phenoxy) is 3. The number of benzene rings is 2. The number of halogens is 10. The molecule has 2 bridgehead atoms. The molecular formula is C52H62F10N10O8. The van der Waals surface area contributed by atoms with Crippen molar-refractivity contribution in [2.45, 2.75) is 121 Å². The van der Waals surface area contributed by atoms with Crippen molar-refractivity contribution in [3.05, 3.63) is 89.2 Å². The number of fused-ring (bicyclic) bond motifs is 2. The summed E-state index contributed by atoms with van der Waals surface area (Å²) in [6.07, 6.45) is -14.5. The summed E-state index contributed by atoms with van der Waals surface area (Å²) in [7, 11) is 1.76. The molecule has 5 heterocycles. The molecule has 438 valence electrons. The van der Waals surface area contributed by atoms with Gasteiger partial charge in [-0.1, -0.05) is 24.3 Å². The van der Waals surface area contributed by atoms with Crippen LogP contribution in [0.1, 0.15) is 50.3 Å². The Labute approximate surface area is 453 Å². The SMILES string of the molecule is COC(=O)N[C@H](C(=O)N[C@@H](Cc1ccc(-c2cnc(N3CC4CCC(C3)N4C3COC3)cc2CC(C)([C@H](NC(=O)OC)C(N)=O)C(F)(F)F)cc1)[C@@H](O)CNCc1c(F)cc(-c2ccn(CC(F)F)n2)cc1F)C(C)(C)C(F)(F)F. The van der Waals surface area contributed by atoms with E-state index in [9.17, 15) is 46.2 Å². The second-order valence-corrected chi connectivity index (χ2v) is 20.9. The van der Waals surface area contributed by atoms with Gasteiger partial charge in [0.1, 0.15) is 36.1 Å². The predicted octanol–water partition coefficient (Wildman–Crippen LogP) is 6.02. The maximum atomic E-state index is 15.5. The molecule has 2 aromatic carbocycles. The molecule has 4 amide bonds. The van der Waals surface area contributed by atoms with Gasteiger partial charge in [-0.3, -0.25) is 19.2 Å². The zero-order valence-corrected chi connectivity index (χ0v) is 44.1. The number of pyridine rings is 1. The third-order valence-electron chi connectivity index (χ3n) is 15.2. The van der Waals surface area contributed by atoms with E-state index < -0.39 is 121 Å². The van der Waals surface area contributed by atoms with Gasteiger partial charge in [0.15, 0.2) is 0 Å². The fourth-order valence-corrected chi connectivity index (χ4v) is 10.4. The van der Waals surface area contributed by atoms with Crippen LogP contribution in [0.2, 0.25) is 0 Å². The molecule has 3 aliphatic rings. The molecule has 0 spiro atoms. The van der Waals surface area contributed by atoms with Gasteiger partial charge in [0, 0.05) is 67.3 Å². The summed E-state index contributed by atoms with van der Waals surface area (Å²) in [5.41, 5.74) is -0.333. The molecule has 80 heavy (non-hydrogen) atoms. The lowest BCUT2D eigenvalue weighted by Gasteiger charge is -2.48. The number of rotatable bonds is 22. The highest BCUT2D eigenvalue weighted by Crippen LogP contribution is 2.46. The van der Waals surface area contributed by atoms with Crippen molar-refractivity contribution < 1.29 is 82.4 Å². The smallest absolute Gasteiger partial charge is 0.407 e. The molecule has 3 unspecified atom stereocenters. The van der Waals surface area contributed by atoms with Gasteiger partial charge < -0.3 is 51.2 Å². The number of aromatic nitrogens is 3. The number of alkyl carbamates (subject to hydrolysis) is 2. The van der Waals surface area contributed by atoms with Crippen LogP contribution in [0.25, 0.3) is 22.4 Å². The maximum absolute atomic E-state index is 15.5. The Kier molecular flexibility index (Phi) is 18.7. The summed E-state index contributed by atoms with van der Waals surface area (Å²) < 4.78 is 162. The van der Waals surface area contributed by atoms with E-state index in [0.29, 0.717) is 46.0 Å². The monoisotopic (exact) mass is 1140 g/mol. The Bertz CT molecular complexity index is 2820. The Balaban J connectivity index is 1.19. The number of aliphatic hydroxyl groups is 1. The van der Waals surface area contributed by atoms with Crippen LogP contribution in [0.3, 0.4) is 0 Å². The highest BCUT2D eigenvalue weighted by atomic mass is 19.4. The van der Waals surface area contributed by atoms with Crippen LogP contribution >= 0.6 is 0 Å². The van der Waals surface area contributed by atoms with Gasteiger partial charge >= 0.3 is 24.5 Å². The topological polar surface area (TPSA) is 228 Å². The van der Waals surface area contributed by atoms with Crippen LogP contribution in [0.15, 0.2) is 60.9 Å². The molecule has 3 saturated heterocycles. The van der Waals surface area contributed by atoms with Crippen LogP contribution in [0.5, 0.6) is 0 Å². The molecule has 4 aromatic rings. The van der Waals surface area contributed by atoms with E-state index in [1.165, 1.54) is 48.8 Å². The summed E-state index contributed by atoms with van der Waals surface area (Å²) >= 11 is 0. The number of aliphatic hydroxyl groups excluding tert-OH is 1. The van der Waals surface area contributed by atoms with E-state index >= 15 is 22.0 Å². The molecule has 2 aromatic heterocycles. The van der Waals surface area contributed by atoms with E-state index in [4.69, 9.17) is 15.5 Å². The van der Waals surface area contributed by atoms with Crippen LogP contribution < -0.4 is 31.9 Å². The van der Waals surface area contributed by atoms with E-state index in [0.717, 1.165) is 50.8 Å². The van der Waals surface area contributed by atoms with Crippen molar-refractivity contribution in [2.75, 3.05) is 52.0 Å². The lowest BCUT2D eigenvalue weighted by Crippen LogP contribution is -2.62. The first-order valence-electron chi connectivity index (χ1n) is 25.3. The molecule has 0 aliphatic carbocycles. The Hall–Kier alpha value is -6.78. The van der Waals surface area contributed by atoms with Crippen LogP contribution in [0, 0.1) is 22.5 Å². The minimum absolute atomic E-state index is 0.00645. The second-order valence-electron chi connectivity index (χ2n) is 20.9.